The van der Waals surface area contributed by atoms with Gasteiger partial charge in [0.05, 0.1) is 6.67 Å². The van der Waals surface area contributed by atoms with Crippen LogP contribution in [-0.2, 0) is 25.3 Å². The summed E-state index contributed by atoms with van der Waals surface area (Å²) in [7, 11) is 0. The molecule has 0 unspecified atom stereocenters. The first kappa shape index (κ1) is 10.7. The summed E-state index contributed by atoms with van der Waals surface area (Å²) in [6.07, 6.45) is 0. The second-order valence-electron chi connectivity index (χ2n) is 2.28. The lowest BCUT2D eigenvalue weighted by Gasteiger charge is -2.06. The third kappa shape index (κ3) is 3.06. The summed E-state index contributed by atoms with van der Waals surface area (Å²) >= 11 is 12.3. The normalized spacial score (nSPS) is 10.1. The molecule has 0 spiro atoms. The van der Waals surface area contributed by atoms with Gasteiger partial charge in [-0.2, -0.15) is 10.2 Å². The third-order valence-corrected chi connectivity index (χ3v) is 3.31. The van der Waals surface area contributed by atoms with Gasteiger partial charge in [0.1, 0.15) is 10.3 Å². The molecule has 0 aromatic carbocycles. The van der Waals surface area contributed by atoms with Crippen LogP contribution >= 0.6 is 22.7 Å². The van der Waals surface area contributed by atoms with E-state index in [1.165, 1.54) is 22.7 Å². The molecule has 2 heterocycles. The molecule has 0 fully saturated rings. The predicted molar refractivity (Wildman–Crippen MR) is 63.2 cm³/mol. The summed E-state index contributed by atoms with van der Waals surface area (Å²) in [5.74, 6) is 0. The Bertz CT molecular complexity index is 398. The first-order valence-electron chi connectivity index (χ1n) is 3.73. The Balaban J connectivity index is 1.80. The molecule has 80 valence electrons. The second kappa shape index (κ2) is 4.79. The maximum atomic E-state index is 4.83. The highest BCUT2D eigenvalue weighted by atomic mass is 32.2. The molecule has 0 bridgehead atoms. The Morgan fingerprint density at radius 1 is 0.867 bits per heavy atom. The second-order valence-corrected chi connectivity index (χ2v) is 5.52. The molecule has 2 N–H and O–H groups in total. The Kier molecular flexibility index (Phi) is 3.41. The van der Waals surface area contributed by atoms with Crippen molar-refractivity contribution in [3.8, 4) is 0 Å². The largest absolute Gasteiger partial charge is 0.406 e. The number of nitrogens with zero attached hydrogens (tertiary/aromatic N) is 4. The van der Waals surface area contributed by atoms with Crippen molar-refractivity contribution in [2.24, 2.45) is 0 Å². The molecule has 0 aliphatic heterocycles. The van der Waals surface area contributed by atoms with Crippen molar-refractivity contribution in [1.82, 2.24) is 20.4 Å². The smallest absolute Gasteiger partial charge is 0.111 e. The van der Waals surface area contributed by atoms with Crippen LogP contribution < -0.4 is 10.6 Å². The van der Waals surface area contributed by atoms with Gasteiger partial charge in [-0.15, -0.1) is 10.2 Å². The van der Waals surface area contributed by atoms with Crippen molar-refractivity contribution in [3.05, 3.63) is 0 Å². The van der Waals surface area contributed by atoms with Gasteiger partial charge >= 0.3 is 0 Å². The van der Waals surface area contributed by atoms with Gasteiger partial charge in [0.2, 0.25) is 0 Å². The van der Waals surface area contributed by atoms with Crippen LogP contribution in [0.5, 0.6) is 0 Å². The van der Waals surface area contributed by atoms with Crippen molar-refractivity contribution < 1.29 is 0 Å². The van der Waals surface area contributed by atoms with Crippen LogP contribution in [0.1, 0.15) is 0 Å². The van der Waals surface area contributed by atoms with Crippen LogP contribution in [0.4, 0.5) is 10.3 Å². The number of hydrogen-bond donors (Lipinski definition) is 2. The molecule has 0 amide bonds. The fourth-order valence-electron chi connectivity index (χ4n) is 0.758. The molecule has 10 heteroatoms. The zero-order chi connectivity index (χ0) is 10.7. The predicted octanol–water partition coefficient (Wildman–Crippen LogP) is 0.683. The lowest BCUT2D eigenvalue weighted by Crippen LogP contribution is -2.11. The Morgan fingerprint density at radius 2 is 1.33 bits per heavy atom. The fraction of sp³-hybridized carbons (Fsp3) is 0.200. The Morgan fingerprint density at radius 3 is 1.67 bits per heavy atom. The average molecular weight is 276 g/mol. The van der Waals surface area contributed by atoms with Gasteiger partial charge in [0, 0.05) is 0 Å². The monoisotopic (exact) mass is 276 g/mol. The van der Waals surface area contributed by atoms with Gasteiger partial charge in [0.15, 0.2) is 0 Å². The molecule has 0 radical (unpaired) electrons. The number of rotatable bonds is 4. The van der Waals surface area contributed by atoms with E-state index in [4.69, 9.17) is 25.3 Å². The van der Waals surface area contributed by atoms with Gasteiger partial charge in [0.25, 0.3) is 0 Å². The molecule has 0 saturated heterocycles. The van der Waals surface area contributed by atoms with Gasteiger partial charge < -0.3 is 58.6 Å². The Labute approximate surface area is 104 Å². The van der Waals surface area contributed by atoms with Gasteiger partial charge in [-0.3, -0.25) is 0 Å². The average Bonchev–Trinajstić information content (AvgIpc) is 2.76. The molecule has 0 saturated carbocycles. The molecule has 15 heavy (non-hydrogen) atoms. The first-order valence-corrected chi connectivity index (χ1v) is 6.18. The van der Waals surface area contributed by atoms with E-state index in [1.54, 1.807) is 0 Å². The maximum Gasteiger partial charge on any atom is 0.111 e. The highest BCUT2D eigenvalue weighted by Crippen LogP contribution is 2.15. The molecule has 0 aliphatic rings. The van der Waals surface area contributed by atoms with Crippen LogP contribution in [0.25, 0.3) is 0 Å². The Hall–Kier alpha value is -0.840. The highest BCUT2D eigenvalue weighted by Gasteiger charge is 1.92. The van der Waals surface area contributed by atoms with Crippen molar-refractivity contribution >= 4 is 58.2 Å². The van der Waals surface area contributed by atoms with Crippen LogP contribution in [-0.4, -0.2) is 27.1 Å². The first-order chi connectivity index (χ1) is 7.24. The fourth-order valence-corrected chi connectivity index (χ4v) is 2.26. The van der Waals surface area contributed by atoms with Gasteiger partial charge in [-0.05, 0) is 8.68 Å². The summed E-state index contributed by atoms with van der Waals surface area (Å²) in [5, 5.41) is 22.4. The van der Waals surface area contributed by atoms with Crippen LogP contribution in [0.15, 0.2) is 8.68 Å². The van der Waals surface area contributed by atoms with E-state index >= 15 is 0 Å². The minimum atomic E-state index is 0.480. The van der Waals surface area contributed by atoms with E-state index in [-0.39, 0.29) is 0 Å². The van der Waals surface area contributed by atoms with E-state index in [9.17, 15) is 0 Å². The van der Waals surface area contributed by atoms with Crippen LogP contribution in [0.3, 0.4) is 0 Å². The zero-order valence-electron chi connectivity index (χ0n) is 7.13. The van der Waals surface area contributed by atoms with Crippen LogP contribution in [0, 0.1) is 0 Å². The summed E-state index contributed by atoms with van der Waals surface area (Å²) in [4.78, 5) is 0. The summed E-state index contributed by atoms with van der Waals surface area (Å²) in [6, 6.07) is 0. The topological polar surface area (TPSA) is 75.6 Å². The minimum Gasteiger partial charge on any atom is -0.406 e. The molecule has 0 atom stereocenters. The van der Waals surface area contributed by atoms with E-state index in [0.717, 1.165) is 0 Å². The van der Waals surface area contributed by atoms with E-state index < -0.39 is 0 Å². The lowest BCUT2D eigenvalue weighted by atomic mass is 10.9. The molecular weight excluding hydrogens is 272 g/mol. The minimum absolute atomic E-state index is 0.480. The van der Waals surface area contributed by atoms with Crippen molar-refractivity contribution in [1.29, 1.82) is 0 Å². The maximum absolute atomic E-state index is 4.83. The molecular formula is C5H4N6S4-2. The van der Waals surface area contributed by atoms with Crippen molar-refractivity contribution in [2.45, 2.75) is 8.68 Å². The van der Waals surface area contributed by atoms with Crippen molar-refractivity contribution in [2.75, 3.05) is 17.3 Å². The molecule has 2 aromatic rings. The number of nitrogens with one attached hydrogen (secondary N) is 2. The lowest BCUT2D eigenvalue weighted by molar-refractivity contribution is 0.992. The highest BCUT2D eigenvalue weighted by molar-refractivity contribution is 7.63. The van der Waals surface area contributed by atoms with E-state index in [1.807, 2.05) is 0 Å². The molecule has 2 aromatic heterocycles. The third-order valence-electron chi connectivity index (χ3n) is 1.29. The zero-order valence-corrected chi connectivity index (χ0v) is 10.4. The molecule has 6 nitrogen and oxygen atoms in total. The summed E-state index contributed by atoms with van der Waals surface area (Å²) in [5.41, 5.74) is 0. The van der Waals surface area contributed by atoms with Gasteiger partial charge in [-0.25, -0.2) is 0 Å². The van der Waals surface area contributed by atoms with Gasteiger partial charge in [-0.1, -0.05) is 0 Å². The van der Waals surface area contributed by atoms with Crippen molar-refractivity contribution in [3.63, 3.8) is 0 Å². The summed E-state index contributed by atoms with van der Waals surface area (Å²) in [6.45, 7) is 0.480. The van der Waals surface area contributed by atoms with Crippen LogP contribution in [0.2, 0.25) is 0 Å². The van der Waals surface area contributed by atoms with E-state index in [0.29, 0.717) is 25.6 Å². The SMILES string of the molecule is [S-]c1nnc(NCNc2nnc([S-])s2)s1. The summed E-state index contributed by atoms with van der Waals surface area (Å²) < 4.78 is 1.03. The van der Waals surface area contributed by atoms with E-state index in [2.05, 4.69) is 31.0 Å². The standard InChI is InChI=1S/C5H6N6S4/c12-4-10-8-2(14-4)6-1-7-3-9-11-5(13)15-3/h1H2,(H,6,8)(H,7,9)(H,10,12)(H,11,13)/p-2. The molecule has 0 aliphatic carbocycles. The number of anilines is 2. The number of hydrogen-bond acceptors (Lipinski definition) is 10. The number of aromatic nitrogens is 4. The quantitative estimate of drug-likeness (QED) is 0.624. The molecule has 2 rings (SSSR count).